The molecule has 4 aromatic carbocycles. The highest BCUT2D eigenvalue weighted by Crippen LogP contribution is 2.34. The van der Waals surface area contributed by atoms with Gasteiger partial charge in [-0.25, -0.2) is 0 Å². The van der Waals surface area contributed by atoms with E-state index >= 15 is 0 Å². The summed E-state index contributed by atoms with van der Waals surface area (Å²) in [5.41, 5.74) is 3.17. The Morgan fingerprint density at radius 2 is 1.10 bits per heavy atom. The standard InChI is InChI=1S/C29H25NO/c31-28(25-17-7-2-8-18-25)30-29(26-19-9-3-10-20-26,27-21-11-4-12-22-27)23-13-16-24-14-5-1-6-15-24/h1-22H,23H2,(H,30,31)/b16-13+. The van der Waals surface area contributed by atoms with Crippen molar-refractivity contribution in [3.05, 3.63) is 150 Å². The van der Waals surface area contributed by atoms with E-state index < -0.39 is 5.54 Å². The first-order valence-corrected chi connectivity index (χ1v) is 10.5. The monoisotopic (exact) mass is 403 g/mol. The molecule has 0 aliphatic carbocycles. The minimum atomic E-state index is -0.694. The fraction of sp³-hybridized carbons (Fsp3) is 0.0690. The van der Waals surface area contributed by atoms with Gasteiger partial charge in [0.1, 0.15) is 0 Å². The number of carbonyl (C=O) groups excluding carboxylic acids is 1. The summed E-state index contributed by atoms with van der Waals surface area (Å²) in [7, 11) is 0. The van der Waals surface area contributed by atoms with E-state index in [4.69, 9.17) is 0 Å². The molecule has 0 saturated carbocycles. The predicted molar refractivity (Wildman–Crippen MR) is 128 cm³/mol. The van der Waals surface area contributed by atoms with Crippen LogP contribution in [-0.4, -0.2) is 5.91 Å². The van der Waals surface area contributed by atoms with Crippen LogP contribution in [0.1, 0.15) is 33.5 Å². The molecule has 2 nitrogen and oxygen atoms in total. The molecule has 0 radical (unpaired) electrons. The average Bonchev–Trinajstić information content (AvgIpc) is 2.85. The van der Waals surface area contributed by atoms with E-state index in [0.29, 0.717) is 12.0 Å². The number of carbonyl (C=O) groups is 1. The lowest BCUT2D eigenvalue weighted by molar-refractivity contribution is 0.0913. The van der Waals surface area contributed by atoms with Gasteiger partial charge >= 0.3 is 0 Å². The lowest BCUT2D eigenvalue weighted by Crippen LogP contribution is -2.46. The fourth-order valence-electron chi connectivity index (χ4n) is 3.83. The second-order valence-corrected chi connectivity index (χ2v) is 7.47. The molecular weight excluding hydrogens is 378 g/mol. The summed E-state index contributed by atoms with van der Waals surface area (Å²) in [6.07, 6.45) is 4.87. The maximum Gasteiger partial charge on any atom is 0.252 e. The molecule has 0 spiro atoms. The molecule has 1 amide bonds. The van der Waals surface area contributed by atoms with Crippen molar-refractivity contribution < 1.29 is 4.79 Å². The molecule has 4 aromatic rings. The van der Waals surface area contributed by atoms with Gasteiger partial charge in [-0.1, -0.05) is 121 Å². The summed E-state index contributed by atoms with van der Waals surface area (Å²) in [6, 6.07) is 40.0. The number of rotatable bonds is 7. The zero-order chi connectivity index (χ0) is 21.4. The first-order chi connectivity index (χ1) is 15.3. The highest BCUT2D eigenvalue weighted by molar-refractivity contribution is 5.95. The van der Waals surface area contributed by atoms with Crippen LogP contribution in [0.25, 0.3) is 6.08 Å². The maximum absolute atomic E-state index is 13.3. The van der Waals surface area contributed by atoms with Gasteiger partial charge in [0.2, 0.25) is 0 Å². The molecule has 0 aliphatic rings. The van der Waals surface area contributed by atoms with Crippen molar-refractivity contribution in [3.8, 4) is 0 Å². The molecule has 0 saturated heterocycles. The van der Waals surface area contributed by atoms with Crippen LogP contribution in [0.5, 0.6) is 0 Å². The van der Waals surface area contributed by atoms with Crippen molar-refractivity contribution in [1.29, 1.82) is 0 Å². The zero-order valence-electron chi connectivity index (χ0n) is 17.3. The van der Waals surface area contributed by atoms with E-state index in [1.165, 1.54) is 0 Å². The van der Waals surface area contributed by atoms with Gasteiger partial charge in [-0.3, -0.25) is 4.79 Å². The highest BCUT2D eigenvalue weighted by Gasteiger charge is 2.35. The molecule has 0 heterocycles. The number of amides is 1. The summed E-state index contributed by atoms with van der Waals surface area (Å²) >= 11 is 0. The Morgan fingerprint density at radius 3 is 1.61 bits per heavy atom. The summed E-state index contributed by atoms with van der Waals surface area (Å²) in [5, 5.41) is 3.38. The first kappa shape index (κ1) is 20.4. The van der Waals surface area contributed by atoms with Crippen LogP contribution in [0.3, 0.4) is 0 Å². The Labute approximate surface area is 183 Å². The second kappa shape index (κ2) is 9.73. The SMILES string of the molecule is O=C(NC(C/C=C/c1ccccc1)(c1ccccc1)c1ccccc1)c1ccccc1. The van der Waals surface area contributed by atoms with Crippen LogP contribution in [-0.2, 0) is 5.54 Å². The van der Waals surface area contributed by atoms with Crippen molar-refractivity contribution in [2.45, 2.75) is 12.0 Å². The lowest BCUT2D eigenvalue weighted by atomic mass is 9.79. The van der Waals surface area contributed by atoms with Gasteiger partial charge in [0.15, 0.2) is 0 Å². The molecule has 31 heavy (non-hydrogen) atoms. The molecule has 0 bridgehead atoms. The molecule has 0 fully saturated rings. The summed E-state index contributed by atoms with van der Waals surface area (Å²) in [4.78, 5) is 13.3. The van der Waals surface area contributed by atoms with Crippen LogP contribution in [0, 0.1) is 0 Å². The summed E-state index contributed by atoms with van der Waals surface area (Å²) < 4.78 is 0. The molecule has 152 valence electrons. The second-order valence-electron chi connectivity index (χ2n) is 7.47. The molecule has 0 aromatic heterocycles. The third-order valence-electron chi connectivity index (χ3n) is 5.43. The van der Waals surface area contributed by atoms with Gasteiger partial charge in [0.05, 0.1) is 5.54 Å². The molecule has 0 aliphatic heterocycles. The van der Waals surface area contributed by atoms with Crippen molar-refractivity contribution in [3.63, 3.8) is 0 Å². The Bertz CT molecular complexity index is 1080. The van der Waals surface area contributed by atoms with Gasteiger partial charge in [-0.05, 0) is 35.2 Å². The molecule has 2 heteroatoms. The third-order valence-corrected chi connectivity index (χ3v) is 5.43. The minimum Gasteiger partial charge on any atom is -0.338 e. The van der Waals surface area contributed by atoms with Gasteiger partial charge in [-0.15, -0.1) is 0 Å². The number of hydrogen-bond acceptors (Lipinski definition) is 1. The Balaban J connectivity index is 1.78. The van der Waals surface area contributed by atoms with Gasteiger partial charge in [0.25, 0.3) is 5.91 Å². The Morgan fingerprint density at radius 1 is 0.645 bits per heavy atom. The van der Waals surface area contributed by atoms with Crippen molar-refractivity contribution in [1.82, 2.24) is 5.32 Å². The van der Waals surface area contributed by atoms with Crippen LogP contribution in [0.4, 0.5) is 0 Å². The van der Waals surface area contributed by atoms with Gasteiger partial charge in [-0.2, -0.15) is 0 Å². The largest absolute Gasteiger partial charge is 0.338 e. The Kier molecular flexibility index (Phi) is 6.39. The van der Waals surface area contributed by atoms with Crippen molar-refractivity contribution in [2.24, 2.45) is 0 Å². The number of hydrogen-bond donors (Lipinski definition) is 1. The smallest absolute Gasteiger partial charge is 0.252 e. The number of benzene rings is 4. The van der Waals surface area contributed by atoms with E-state index in [-0.39, 0.29) is 5.91 Å². The maximum atomic E-state index is 13.3. The van der Waals surface area contributed by atoms with Crippen LogP contribution >= 0.6 is 0 Å². The van der Waals surface area contributed by atoms with Gasteiger partial charge in [0, 0.05) is 5.56 Å². The fourth-order valence-corrected chi connectivity index (χ4v) is 3.83. The zero-order valence-corrected chi connectivity index (χ0v) is 17.3. The van der Waals surface area contributed by atoms with Crippen molar-refractivity contribution >= 4 is 12.0 Å². The van der Waals surface area contributed by atoms with E-state index in [2.05, 4.69) is 53.9 Å². The van der Waals surface area contributed by atoms with Crippen molar-refractivity contribution in [2.75, 3.05) is 0 Å². The van der Waals surface area contributed by atoms with E-state index in [1.54, 1.807) is 0 Å². The highest BCUT2D eigenvalue weighted by atomic mass is 16.1. The summed E-state index contributed by atoms with van der Waals surface area (Å²) in [6.45, 7) is 0. The first-order valence-electron chi connectivity index (χ1n) is 10.5. The van der Waals surface area contributed by atoms with Gasteiger partial charge < -0.3 is 5.32 Å². The number of nitrogens with one attached hydrogen (secondary N) is 1. The van der Waals surface area contributed by atoms with E-state index in [9.17, 15) is 4.79 Å². The molecule has 0 atom stereocenters. The van der Waals surface area contributed by atoms with Crippen LogP contribution in [0.2, 0.25) is 0 Å². The topological polar surface area (TPSA) is 29.1 Å². The quantitative estimate of drug-likeness (QED) is 0.377. The van der Waals surface area contributed by atoms with Crippen LogP contribution < -0.4 is 5.32 Å². The summed E-state index contributed by atoms with van der Waals surface area (Å²) in [5.74, 6) is -0.0959. The van der Waals surface area contributed by atoms with E-state index in [1.807, 2.05) is 84.9 Å². The molecule has 1 N–H and O–H groups in total. The minimum absolute atomic E-state index is 0.0959. The Hall–Kier alpha value is -3.91. The molecule has 4 rings (SSSR count). The average molecular weight is 404 g/mol. The third kappa shape index (κ3) is 4.81. The normalized spacial score (nSPS) is 11.4. The van der Waals surface area contributed by atoms with E-state index in [0.717, 1.165) is 16.7 Å². The lowest BCUT2D eigenvalue weighted by Gasteiger charge is -2.35. The predicted octanol–water partition coefficient (Wildman–Crippen LogP) is 6.46. The molecular formula is C29H25NO. The van der Waals surface area contributed by atoms with Crippen LogP contribution in [0.15, 0.2) is 127 Å². The molecule has 0 unspecified atom stereocenters.